The van der Waals surface area contributed by atoms with Crippen molar-refractivity contribution in [2.24, 2.45) is 5.92 Å². The molecule has 1 aliphatic rings. The average molecular weight is 380 g/mol. The van der Waals surface area contributed by atoms with Crippen LogP contribution in [-0.2, 0) is 22.6 Å². The zero-order valence-corrected chi connectivity index (χ0v) is 16.8. The topological polar surface area (TPSA) is 58.6 Å². The van der Waals surface area contributed by atoms with Gasteiger partial charge in [0.25, 0.3) is 0 Å². The lowest BCUT2D eigenvalue weighted by atomic mass is 10.1. The van der Waals surface area contributed by atoms with Gasteiger partial charge in [-0.05, 0) is 62.1 Å². The molecule has 1 aliphatic carbocycles. The van der Waals surface area contributed by atoms with Crippen LogP contribution in [0.4, 0.5) is 5.69 Å². The van der Waals surface area contributed by atoms with Crippen LogP contribution in [0.15, 0.2) is 48.5 Å². The van der Waals surface area contributed by atoms with E-state index >= 15 is 0 Å². The van der Waals surface area contributed by atoms with Crippen LogP contribution in [0.5, 0.6) is 5.75 Å². The maximum absolute atomic E-state index is 12.9. The summed E-state index contributed by atoms with van der Waals surface area (Å²) in [5, 5.41) is 2.90. The van der Waals surface area contributed by atoms with Gasteiger partial charge in [0.1, 0.15) is 5.75 Å². The Bertz CT molecular complexity index is 809. The number of carbonyl (C=O) groups excluding carboxylic acids is 2. The molecule has 0 aliphatic heterocycles. The Morgan fingerprint density at radius 2 is 1.64 bits per heavy atom. The van der Waals surface area contributed by atoms with Crippen LogP contribution >= 0.6 is 0 Å². The molecule has 1 fully saturated rings. The number of carbonyl (C=O) groups is 2. The molecule has 0 aromatic heterocycles. The zero-order valence-electron chi connectivity index (χ0n) is 16.8. The summed E-state index contributed by atoms with van der Waals surface area (Å²) in [6.07, 6.45) is 2.27. The fourth-order valence-electron chi connectivity index (χ4n) is 3.11. The van der Waals surface area contributed by atoms with Gasteiger partial charge in [0.15, 0.2) is 0 Å². The first-order valence-corrected chi connectivity index (χ1v) is 9.79. The third-order valence-corrected chi connectivity index (χ3v) is 4.75. The van der Waals surface area contributed by atoms with Crippen molar-refractivity contribution in [2.75, 3.05) is 12.0 Å². The highest BCUT2D eigenvalue weighted by atomic mass is 16.5. The summed E-state index contributed by atoms with van der Waals surface area (Å²) in [6.45, 7) is 4.41. The Morgan fingerprint density at radius 3 is 2.18 bits per heavy atom. The van der Waals surface area contributed by atoms with E-state index in [-0.39, 0.29) is 23.8 Å². The maximum Gasteiger partial charge on any atom is 0.230 e. The summed E-state index contributed by atoms with van der Waals surface area (Å²) < 4.78 is 5.21. The molecule has 1 N–H and O–H groups in total. The molecular weight excluding hydrogens is 352 g/mol. The number of amides is 2. The molecule has 0 unspecified atom stereocenters. The summed E-state index contributed by atoms with van der Waals surface area (Å²) in [4.78, 5) is 26.7. The van der Waals surface area contributed by atoms with Gasteiger partial charge in [0.2, 0.25) is 11.8 Å². The monoisotopic (exact) mass is 380 g/mol. The molecule has 3 rings (SSSR count). The predicted octanol–water partition coefficient (Wildman–Crippen LogP) is 3.71. The molecule has 0 saturated heterocycles. The molecule has 0 atom stereocenters. The second-order valence-electron chi connectivity index (χ2n) is 7.61. The summed E-state index contributed by atoms with van der Waals surface area (Å²) >= 11 is 0. The number of ether oxygens (including phenoxy) is 1. The number of methoxy groups -OCH3 is 1. The van der Waals surface area contributed by atoms with E-state index in [1.807, 2.05) is 67.3 Å². The second-order valence-corrected chi connectivity index (χ2v) is 7.61. The molecule has 2 aromatic carbocycles. The third-order valence-electron chi connectivity index (χ3n) is 4.75. The van der Waals surface area contributed by atoms with Gasteiger partial charge in [-0.2, -0.15) is 0 Å². The van der Waals surface area contributed by atoms with E-state index in [1.54, 1.807) is 7.11 Å². The molecule has 1 saturated carbocycles. The van der Waals surface area contributed by atoms with E-state index in [4.69, 9.17) is 4.74 Å². The van der Waals surface area contributed by atoms with Crippen molar-refractivity contribution in [1.82, 2.24) is 5.32 Å². The van der Waals surface area contributed by atoms with Gasteiger partial charge in [-0.3, -0.25) is 9.59 Å². The second kappa shape index (κ2) is 8.91. The van der Waals surface area contributed by atoms with Crippen molar-refractivity contribution >= 4 is 17.5 Å². The normalized spacial score (nSPS) is 13.3. The van der Waals surface area contributed by atoms with Crippen molar-refractivity contribution in [3.8, 4) is 5.75 Å². The van der Waals surface area contributed by atoms with Gasteiger partial charge < -0.3 is 15.0 Å². The quantitative estimate of drug-likeness (QED) is 0.760. The minimum absolute atomic E-state index is 0.00638. The number of nitrogens with one attached hydrogen (secondary N) is 1. The van der Waals surface area contributed by atoms with Crippen molar-refractivity contribution in [3.05, 3.63) is 59.7 Å². The lowest BCUT2D eigenvalue weighted by molar-refractivity contribution is -0.121. The molecular formula is C23H28N2O3. The van der Waals surface area contributed by atoms with Crippen LogP contribution in [0, 0.1) is 5.92 Å². The number of anilines is 1. The Hall–Kier alpha value is -2.82. The highest BCUT2D eigenvalue weighted by molar-refractivity contribution is 5.96. The van der Waals surface area contributed by atoms with Gasteiger partial charge in [-0.15, -0.1) is 0 Å². The number of hydrogen-bond donors (Lipinski definition) is 1. The first-order chi connectivity index (χ1) is 13.5. The van der Waals surface area contributed by atoms with E-state index in [0.29, 0.717) is 13.0 Å². The number of benzene rings is 2. The van der Waals surface area contributed by atoms with Crippen LogP contribution < -0.4 is 15.0 Å². The lowest BCUT2D eigenvalue weighted by Gasteiger charge is -2.23. The minimum Gasteiger partial charge on any atom is -0.497 e. The van der Waals surface area contributed by atoms with E-state index in [9.17, 15) is 9.59 Å². The highest BCUT2D eigenvalue weighted by Gasteiger charge is 2.34. The molecule has 5 nitrogen and oxygen atoms in total. The lowest BCUT2D eigenvalue weighted by Crippen LogP contribution is -2.32. The number of hydrogen-bond acceptors (Lipinski definition) is 3. The maximum atomic E-state index is 12.9. The van der Waals surface area contributed by atoms with E-state index in [0.717, 1.165) is 35.4 Å². The van der Waals surface area contributed by atoms with Crippen molar-refractivity contribution in [3.63, 3.8) is 0 Å². The molecule has 5 heteroatoms. The SMILES string of the molecule is COc1ccc(CN(C(=O)C2CC2)c2ccc(CC(=O)NC(C)C)cc2)cc1. The number of nitrogens with zero attached hydrogens (tertiary/aromatic N) is 1. The third kappa shape index (κ3) is 5.35. The van der Waals surface area contributed by atoms with Crippen LogP contribution in [0.3, 0.4) is 0 Å². The molecule has 2 amide bonds. The molecule has 0 spiro atoms. The fraction of sp³-hybridized carbons (Fsp3) is 0.391. The van der Waals surface area contributed by atoms with Crippen LogP contribution in [0.2, 0.25) is 0 Å². The zero-order chi connectivity index (χ0) is 20.1. The Morgan fingerprint density at radius 1 is 1.04 bits per heavy atom. The van der Waals surface area contributed by atoms with Crippen LogP contribution in [-0.4, -0.2) is 25.0 Å². The Kier molecular flexibility index (Phi) is 6.34. The predicted molar refractivity (Wildman–Crippen MR) is 110 cm³/mol. The van der Waals surface area contributed by atoms with Crippen LogP contribution in [0.1, 0.15) is 37.8 Å². The van der Waals surface area contributed by atoms with E-state index in [1.165, 1.54) is 0 Å². The van der Waals surface area contributed by atoms with Gasteiger partial charge in [0.05, 0.1) is 20.1 Å². The molecule has 0 heterocycles. The van der Waals surface area contributed by atoms with Crippen molar-refractivity contribution in [2.45, 2.75) is 45.7 Å². The highest BCUT2D eigenvalue weighted by Crippen LogP contribution is 2.33. The molecule has 28 heavy (non-hydrogen) atoms. The minimum atomic E-state index is 0.00638. The molecule has 0 bridgehead atoms. The van der Waals surface area contributed by atoms with Crippen molar-refractivity contribution in [1.29, 1.82) is 0 Å². The molecule has 148 valence electrons. The largest absolute Gasteiger partial charge is 0.497 e. The summed E-state index contributed by atoms with van der Waals surface area (Å²) in [5.74, 6) is 1.11. The first kappa shape index (κ1) is 19.9. The first-order valence-electron chi connectivity index (χ1n) is 9.79. The smallest absolute Gasteiger partial charge is 0.230 e. The summed E-state index contributed by atoms with van der Waals surface area (Å²) in [7, 11) is 1.64. The average Bonchev–Trinajstić information content (AvgIpc) is 3.51. The van der Waals surface area contributed by atoms with E-state index in [2.05, 4.69) is 5.32 Å². The van der Waals surface area contributed by atoms with Crippen LogP contribution in [0.25, 0.3) is 0 Å². The van der Waals surface area contributed by atoms with Crippen molar-refractivity contribution < 1.29 is 14.3 Å². The standard InChI is InChI=1S/C23H28N2O3/c1-16(2)24-22(26)14-17-4-10-20(11-5-17)25(23(27)19-8-9-19)15-18-6-12-21(28-3)13-7-18/h4-7,10-13,16,19H,8-9,14-15H2,1-3H3,(H,24,26). The van der Waals surface area contributed by atoms with Gasteiger partial charge >= 0.3 is 0 Å². The van der Waals surface area contributed by atoms with Gasteiger partial charge in [-0.25, -0.2) is 0 Å². The Labute approximate surface area is 166 Å². The Balaban J connectivity index is 1.74. The number of rotatable bonds is 8. The van der Waals surface area contributed by atoms with Gasteiger partial charge in [0, 0.05) is 17.6 Å². The molecule has 0 radical (unpaired) electrons. The van der Waals surface area contributed by atoms with Gasteiger partial charge in [-0.1, -0.05) is 24.3 Å². The van der Waals surface area contributed by atoms with E-state index < -0.39 is 0 Å². The molecule has 2 aromatic rings. The summed E-state index contributed by atoms with van der Waals surface area (Å²) in [6, 6.07) is 15.6. The summed E-state index contributed by atoms with van der Waals surface area (Å²) in [5.41, 5.74) is 2.85. The fourth-order valence-corrected chi connectivity index (χ4v) is 3.11.